The van der Waals surface area contributed by atoms with Crippen LogP contribution in [-0.2, 0) is 14.4 Å². The van der Waals surface area contributed by atoms with E-state index >= 15 is 4.79 Å². The smallest absolute Gasteiger partial charge is 0.247 e. The average Bonchev–Trinajstić information content (AvgIpc) is 3.22. The second kappa shape index (κ2) is 12.3. The number of ether oxygens (including phenoxy) is 1. The summed E-state index contributed by atoms with van der Waals surface area (Å²) in [7, 11) is 0. The molecule has 0 radical (unpaired) electrons. The van der Waals surface area contributed by atoms with Gasteiger partial charge in [0.15, 0.2) is 0 Å². The van der Waals surface area contributed by atoms with E-state index < -0.39 is 39.0 Å². The predicted molar refractivity (Wildman–Crippen MR) is 185 cm³/mol. The van der Waals surface area contributed by atoms with E-state index in [0.29, 0.717) is 26.1 Å². The van der Waals surface area contributed by atoms with Crippen molar-refractivity contribution in [1.82, 2.24) is 9.80 Å². The quantitative estimate of drug-likeness (QED) is 0.345. The molecule has 46 heavy (non-hydrogen) atoms. The van der Waals surface area contributed by atoms with E-state index in [2.05, 4.69) is 60.6 Å². The number of amides is 3. The molecule has 2 saturated heterocycles. The molecule has 1 N–H and O–H groups in total. The Morgan fingerprint density at radius 3 is 2.20 bits per heavy atom. The fourth-order valence-corrected chi connectivity index (χ4v) is 10.9. The molecule has 9 heteroatoms. The fraction of sp³-hybridized carbons (Fsp3) is 0.649. The fourth-order valence-electron chi connectivity index (χ4n) is 8.73. The number of aliphatic hydroxyl groups is 1. The van der Waals surface area contributed by atoms with E-state index in [1.54, 1.807) is 21.6 Å². The van der Waals surface area contributed by atoms with E-state index in [4.69, 9.17) is 4.74 Å². The summed E-state index contributed by atoms with van der Waals surface area (Å²) in [4.78, 5) is 50.2. The number of thioether (sulfide) groups is 1. The molecule has 0 aromatic heterocycles. The van der Waals surface area contributed by atoms with Gasteiger partial charge in [-0.1, -0.05) is 58.9 Å². The van der Waals surface area contributed by atoms with Crippen molar-refractivity contribution in [2.24, 2.45) is 23.2 Å². The van der Waals surface area contributed by atoms with Gasteiger partial charge in [-0.25, -0.2) is 0 Å². The number of carbonyl (C=O) groups excluding carboxylic acids is 3. The van der Waals surface area contributed by atoms with Gasteiger partial charge in [0.25, 0.3) is 0 Å². The van der Waals surface area contributed by atoms with Crippen LogP contribution in [0.4, 0.5) is 5.69 Å². The van der Waals surface area contributed by atoms with Crippen LogP contribution in [0.1, 0.15) is 75.2 Å². The minimum atomic E-state index is -0.966. The molecule has 4 heterocycles. The van der Waals surface area contributed by atoms with Crippen molar-refractivity contribution in [1.29, 1.82) is 0 Å². The van der Waals surface area contributed by atoms with Crippen molar-refractivity contribution < 1.29 is 24.2 Å². The summed E-state index contributed by atoms with van der Waals surface area (Å²) < 4.78 is 3.95. The molecule has 0 aliphatic carbocycles. The van der Waals surface area contributed by atoms with Crippen molar-refractivity contribution in [2.75, 3.05) is 31.2 Å². The Morgan fingerprint density at radius 2 is 1.61 bits per heavy atom. The van der Waals surface area contributed by atoms with Crippen LogP contribution in [0.25, 0.3) is 0 Å². The lowest BCUT2D eigenvalue weighted by atomic mass is 9.74. The number of hydrogen-bond acceptors (Lipinski definition) is 6. The number of carbonyl (C=O) groups is 3. The van der Waals surface area contributed by atoms with Gasteiger partial charge in [-0.15, -0.1) is 11.8 Å². The van der Waals surface area contributed by atoms with E-state index in [-0.39, 0.29) is 35.7 Å². The second-order valence-electron chi connectivity index (χ2n) is 15.9. The molecule has 2 fully saturated rings. The molecular weight excluding hydrogens is 598 g/mol. The van der Waals surface area contributed by atoms with Gasteiger partial charge in [0, 0.05) is 29.1 Å². The molecule has 4 aliphatic heterocycles. The Kier molecular flexibility index (Phi) is 9.27. The summed E-state index contributed by atoms with van der Waals surface area (Å²) in [6.45, 7) is 20.0. The number of aliphatic hydroxyl groups excluding tert-OH is 1. The summed E-state index contributed by atoms with van der Waals surface area (Å²) in [5.41, 5.74) is 0.228. The Bertz CT molecular complexity index is 1400. The lowest BCUT2D eigenvalue weighted by Crippen LogP contribution is -2.60. The number of likely N-dealkylation sites (tertiary alicyclic amines) is 1. The Hall–Kier alpha value is -2.78. The molecular formula is C37H53N3O5S. The van der Waals surface area contributed by atoms with Gasteiger partial charge in [0.1, 0.15) is 11.8 Å². The maximum absolute atomic E-state index is 15.1. The molecule has 3 amide bonds. The maximum atomic E-state index is 15.1. The predicted octanol–water partition coefficient (Wildman–Crippen LogP) is 5.70. The third kappa shape index (κ3) is 5.91. The first-order valence-electron chi connectivity index (χ1n) is 16.8. The third-order valence-corrected chi connectivity index (χ3v) is 11.8. The summed E-state index contributed by atoms with van der Waals surface area (Å²) >= 11 is 1.59. The first kappa shape index (κ1) is 34.6. The monoisotopic (exact) mass is 651 g/mol. The highest BCUT2D eigenvalue weighted by molar-refractivity contribution is 8.02. The molecule has 1 unspecified atom stereocenters. The third-order valence-electron chi connectivity index (χ3n) is 10.00. The first-order valence-corrected chi connectivity index (χ1v) is 17.7. The van der Waals surface area contributed by atoms with Crippen LogP contribution in [0.2, 0.25) is 0 Å². The van der Waals surface area contributed by atoms with E-state index in [9.17, 15) is 14.7 Å². The van der Waals surface area contributed by atoms with Gasteiger partial charge in [-0.05, 0) is 76.1 Å². The lowest BCUT2D eigenvalue weighted by Gasteiger charge is -2.46. The zero-order valence-electron chi connectivity index (χ0n) is 29.1. The van der Waals surface area contributed by atoms with Gasteiger partial charge in [-0.2, -0.15) is 0 Å². The Morgan fingerprint density at radius 1 is 0.957 bits per heavy atom. The molecule has 1 spiro atoms. The van der Waals surface area contributed by atoms with E-state index in [1.165, 1.54) is 0 Å². The number of nitrogens with zero attached hydrogens (tertiary/aromatic N) is 3. The number of anilines is 1. The van der Waals surface area contributed by atoms with Crippen LogP contribution in [0.3, 0.4) is 0 Å². The summed E-state index contributed by atoms with van der Waals surface area (Å²) in [5.74, 6) is -0.983. The molecule has 0 bridgehead atoms. The van der Waals surface area contributed by atoms with Gasteiger partial charge in [-0.3, -0.25) is 14.4 Å². The van der Waals surface area contributed by atoms with Crippen molar-refractivity contribution in [3.05, 3.63) is 48.6 Å². The number of benzene rings is 1. The van der Waals surface area contributed by atoms with Gasteiger partial charge in [0.05, 0.1) is 35.8 Å². The Labute approximate surface area is 279 Å². The standard InChI is InChI=1S/C37H53N3O5S/c1-10-45-27-15-13-25(14-16-27)38-19-11-17-36(9)28(31(38)42)29-32(43)40(26(22-41)21-24(2)3)30-33(44)39(20-12-18-37(29,30)46-36)35(7,8)23-34(4,5)6/h11-18,24,26,28-30,41H,10,19-23H2,1-9H3/t26-,28+,29+,30?,36-,37+/m1/s1. The van der Waals surface area contributed by atoms with Gasteiger partial charge < -0.3 is 24.5 Å². The van der Waals surface area contributed by atoms with Crippen LogP contribution in [-0.4, -0.2) is 86.0 Å². The SMILES string of the molecule is CCOc1ccc(N2CC=C[C@@]3(C)S[C@]45C=CCN(C(C)(C)CC(C)(C)C)C(=O)C4N([C@@H](CO)CC(C)C)C(=O)[C@@H]5[C@H]3C2=O)cc1. The van der Waals surface area contributed by atoms with Crippen LogP contribution in [0.15, 0.2) is 48.6 Å². The van der Waals surface area contributed by atoms with E-state index in [1.807, 2.05) is 55.2 Å². The van der Waals surface area contributed by atoms with Gasteiger partial charge >= 0.3 is 0 Å². The largest absolute Gasteiger partial charge is 0.494 e. The number of hydrogen-bond donors (Lipinski definition) is 1. The summed E-state index contributed by atoms with van der Waals surface area (Å²) in [6, 6.07) is 6.12. The highest BCUT2D eigenvalue weighted by Crippen LogP contribution is 2.66. The van der Waals surface area contributed by atoms with Crippen LogP contribution in [0, 0.1) is 23.2 Å². The normalized spacial score (nSPS) is 30.4. The van der Waals surface area contributed by atoms with Crippen molar-refractivity contribution in [3.8, 4) is 5.75 Å². The van der Waals surface area contributed by atoms with Crippen LogP contribution < -0.4 is 9.64 Å². The maximum Gasteiger partial charge on any atom is 0.247 e. The topological polar surface area (TPSA) is 90.4 Å². The van der Waals surface area contributed by atoms with Crippen molar-refractivity contribution in [2.45, 2.75) is 102 Å². The molecule has 8 nitrogen and oxygen atoms in total. The van der Waals surface area contributed by atoms with Crippen molar-refractivity contribution >= 4 is 35.2 Å². The molecule has 1 aromatic rings. The van der Waals surface area contributed by atoms with Gasteiger partial charge in [0.2, 0.25) is 17.7 Å². The molecule has 5 rings (SSSR count). The average molecular weight is 652 g/mol. The van der Waals surface area contributed by atoms with E-state index in [0.717, 1.165) is 17.9 Å². The van der Waals surface area contributed by atoms with Crippen LogP contribution in [0.5, 0.6) is 5.75 Å². The molecule has 1 aromatic carbocycles. The zero-order valence-corrected chi connectivity index (χ0v) is 29.9. The zero-order chi connectivity index (χ0) is 33.8. The molecule has 252 valence electrons. The first-order chi connectivity index (χ1) is 21.5. The summed E-state index contributed by atoms with van der Waals surface area (Å²) in [6.07, 6.45) is 9.55. The minimum absolute atomic E-state index is 0.0270. The van der Waals surface area contributed by atoms with Crippen molar-refractivity contribution in [3.63, 3.8) is 0 Å². The highest BCUT2D eigenvalue weighted by atomic mass is 32.2. The minimum Gasteiger partial charge on any atom is -0.494 e. The Balaban J connectivity index is 1.63. The number of fused-ring (bicyclic) bond motifs is 2. The lowest BCUT2D eigenvalue weighted by molar-refractivity contribution is -0.149. The van der Waals surface area contributed by atoms with Crippen LogP contribution >= 0.6 is 11.8 Å². The molecule has 6 atom stereocenters. The molecule has 0 saturated carbocycles. The second-order valence-corrected chi connectivity index (χ2v) is 17.7. The molecule has 4 aliphatic rings. The number of rotatable bonds is 9. The summed E-state index contributed by atoms with van der Waals surface area (Å²) in [5, 5.41) is 10.7. The highest BCUT2D eigenvalue weighted by Gasteiger charge is 2.74.